The summed E-state index contributed by atoms with van der Waals surface area (Å²) in [4.78, 5) is 25.5. The third-order valence-electron chi connectivity index (χ3n) is 3.95. The third kappa shape index (κ3) is 5.53. The molecule has 124 valence electrons. The van der Waals surface area contributed by atoms with Gasteiger partial charge in [0.05, 0.1) is 17.6 Å². The molecule has 0 unspecified atom stereocenters. The molecule has 0 radical (unpaired) electrons. The SMILES string of the molecule is COCCN(CC(C)C)C(=O)NC(C)(C)C(C)(C)C(=O)O. The van der Waals surface area contributed by atoms with Crippen molar-refractivity contribution in [3.8, 4) is 0 Å². The van der Waals surface area contributed by atoms with Gasteiger partial charge in [-0.25, -0.2) is 4.79 Å². The minimum absolute atomic E-state index is 0.264. The van der Waals surface area contributed by atoms with Gasteiger partial charge in [-0.2, -0.15) is 0 Å². The number of carbonyl (C=O) groups excluding carboxylic acids is 1. The first kappa shape index (κ1) is 19.7. The maximum atomic E-state index is 12.4. The van der Waals surface area contributed by atoms with E-state index in [4.69, 9.17) is 4.74 Å². The molecule has 0 aromatic rings. The molecule has 0 aliphatic heterocycles. The molecular weight excluding hydrogens is 272 g/mol. The highest BCUT2D eigenvalue weighted by molar-refractivity contribution is 5.79. The molecule has 0 saturated heterocycles. The van der Waals surface area contributed by atoms with Crippen molar-refractivity contribution in [2.45, 2.75) is 47.1 Å². The monoisotopic (exact) mass is 302 g/mol. The first-order valence-electron chi connectivity index (χ1n) is 7.25. The Morgan fingerprint density at radius 1 is 1.24 bits per heavy atom. The van der Waals surface area contributed by atoms with Gasteiger partial charge in [-0.3, -0.25) is 4.79 Å². The zero-order valence-electron chi connectivity index (χ0n) is 14.3. The van der Waals surface area contributed by atoms with Gasteiger partial charge in [0, 0.05) is 20.2 Å². The van der Waals surface area contributed by atoms with Crippen LogP contribution in [0.1, 0.15) is 41.5 Å². The van der Waals surface area contributed by atoms with E-state index in [0.29, 0.717) is 25.6 Å². The Kier molecular flexibility index (Phi) is 7.16. The van der Waals surface area contributed by atoms with Crippen LogP contribution < -0.4 is 5.32 Å². The Hall–Kier alpha value is -1.30. The predicted octanol–water partition coefficient (Wildman–Crippen LogP) is 2.19. The van der Waals surface area contributed by atoms with Gasteiger partial charge in [-0.05, 0) is 33.6 Å². The summed E-state index contributed by atoms with van der Waals surface area (Å²) < 4.78 is 5.02. The summed E-state index contributed by atoms with van der Waals surface area (Å²) >= 11 is 0. The molecule has 0 fully saturated rings. The molecule has 2 N–H and O–H groups in total. The zero-order valence-corrected chi connectivity index (χ0v) is 14.3. The fourth-order valence-electron chi connectivity index (χ4n) is 1.69. The average molecular weight is 302 g/mol. The highest BCUT2D eigenvalue weighted by atomic mass is 16.5. The number of carboxylic acids is 1. The van der Waals surface area contributed by atoms with Crippen molar-refractivity contribution >= 4 is 12.0 Å². The molecule has 0 atom stereocenters. The Morgan fingerprint density at radius 2 is 1.76 bits per heavy atom. The third-order valence-corrected chi connectivity index (χ3v) is 3.95. The number of hydrogen-bond donors (Lipinski definition) is 2. The van der Waals surface area contributed by atoms with E-state index in [0.717, 1.165) is 0 Å². The smallest absolute Gasteiger partial charge is 0.317 e. The summed E-state index contributed by atoms with van der Waals surface area (Å²) in [6, 6.07) is -0.264. The molecule has 2 amide bonds. The van der Waals surface area contributed by atoms with Gasteiger partial charge in [0.25, 0.3) is 0 Å². The second kappa shape index (κ2) is 7.64. The van der Waals surface area contributed by atoms with Crippen molar-refractivity contribution in [1.29, 1.82) is 0 Å². The van der Waals surface area contributed by atoms with E-state index in [9.17, 15) is 14.7 Å². The van der Waals surface area contributed by atoms with Gasteiger partial charge in [0.1, 0.15) is 0 Å². The number of hydrogen-bond acceptors (Lipinski definition) is 3. The zero-order chi connectivity index (χ0) is 16.8. The van der Waals surface area contributed by atoms with Gasteiger partial charge >= 0.3 is 12.0 Å². The van der Waals surface area contributed by atoms with Crippen LogP contribution in [0.5, 0.6) is 0 Å². The molecule has 0 saturated carbocycles. The van der Waals surface area contributed by atoms with E-state index in [-0.39, 0.29) is 6.03 Å². The van der Waals surface area contributed by atoms with Crippen LogP contribution in [-0.2, 0) is 9.53 Å². The molecule has 0 rings (SSSR count). The predicted molar refractivity (Wildman–Crippen MR) is 82.3 cm³/mol. The lowest BCUT2D eigenvalue weighted by molar-refractivity contribution is -0.150. The number of urea groups is 1. The summed E-state index contributed by atoms with van der Waals surface area (Å²) in [7, 11) is 1.59. The fourth-order valence-corrected chi connectivity index (χ4v) is 1.69. The molecule has 0 spiro atoms. The number of aliphatic carboxylic acids is 1. The van der Waals surface area contributed by atoms with Gasteiger partial charge < -0.3 is 20.1 Å². The molecule has 0 heterocycles. The molecule has 0 bridgehead atoms. The molecule has 21 heavy (non-hydrogen) atoms. The maximum Gasteiger partial charge on any atom is 0.317 e. The molecule has 0 aliphatic carbocycles. The molecular formula is C15H30N2O4. The van der Waals surface area contributed by atoms with Crippen LogP contribution in [0.15, 0.2) is 0 Å². The van der Waals surface area contributed by atoms with Gasteiger partial charge in [-0.1, -0.05) is 13.8 Å². The van der Waals surface area contributed by atoms with Crippen LogP contribution in [0.3, 0.4) is 0 Å². The van der Waals surface area contributed by atoms with Gasteiger partial charge in [-0.15, -0.1) is 0 Å². The van der Waals surface area contributed by atoms with E-state index in [1.807, 2.05) is 13.8 Å². The maximum absolute atomic E-state index is 12.4. The quantitative estimate of drug-likeness (QED) is 0.720. The van der Waals surface area contributed by atoms with E-state index in [1.165, 1.54) is 0 Å². The summed E-state index contributed by atoms with van der Waals surface area (Å²) in [5.74, 6) is -0.622. The van der Waals surface area contributed by atoms with Crippen LogP contribution in [0.25, 0.3) is 0 Å². The number of carbonyl (C=O) groups is 2. The van der Waals surface area contributed by atoms with Crippen molar-refractivity contribution in [3.05, 3.63) is 0 Å². The van der Waals surface area contributed by atoms with E-state index in [1.54, 1.807) is 39.7 Å². The largest absolute Gasteiger partial charge is 0.481 e. The summed E-state index contributed by atoms with van der Waals surface area (Å²) in [6.07, 6.45) is 0. The number of nitrogens with one attached hydrogen (secondary N) is 1. The minimum atomic E-state index is -1.08. The number of nitrogens with zero attached hydrogens (tertiary/aromatic N) is 1. The lowest BCUT2D eigenvalue weighted by Gasteiger charge is -2.40. The number of amides is 2. The number of ether oxygens (including phenoxy) is 1. The molecule has 0 aliphatic rings. The van der Waals surface area contributed by atoms with E-state index in [2.05, 4.69) is 5.32 Å². The van der Waals surface area contributed by atoms with Crippen molar-refractivity contribution in [2.75, 3.05) is 26.8 Å². The molecule has 0 aromatic heterocycles. The second-order valence-corrected chi connectivity index (χ2v) is 6.82. The van der Waals surface area contributed by atoms with Crippen molar-refractivity contribution in [2.24, 2.45) is 11.3 Å². The average Bonchev–Trinajstić information content (AvgIpc) is 2.32. The van der Waals surface area contributed by atoms with E-state index < -0.39 is 16.9 Å². The molecule has 0 aromatic carbocycles. The van der Waals surface area contributed by atoms with Crippen LogP contribution in [0.2, 0.25) is 0 Å². The molecule has 6 heteroatoms. The normalized spacial score (nSPS) is 12.4. The Labute approximate surface area is 127 Å². The van der Waals surface area contributed by atoms with Crippen LogP contribution in [0, 0.1) is 11.3 Å². The molecule has 6 nitrogen and oxygen atoms in total. The first-order chi connectivity index (χ1) is 9.45. The first-order valence-corrected chi connectivity index (χ1v) is 7.25. The van der Waals surface area contributed by atoms with Crippen molar-refractivity contribution in [3.63, 3.8) is 0 Å². The second-order valence-electron chi connectivity index (χ2n) is 6.82. The highest BCUT2D eigenvalue weighted by Gasteiger charge is 2.45. The Morgan fingerprint density at radius 3 is 2.14 bits per heavy atom. The highest BCUT2D eigenvalue weighted by Crippen LogP contribution is 2.30. The lowest BCUT2D eigenvalue weighted by Crippen LogP contribution is -2.60. The van der Waals surface area contributed by atoms with Crippen molar-refractivity contribution < 1.29 is 19.4 Å². The van der Waals surface area contributed by atoms with Gasteiger partial charge in [0.15, 0.2) is 0 Å². The summed E-state index contributed by atoms with van der Waals surface area (Å²) in [5, 5.41) is 12.2. The topological polar surface area (TPSA) is 78.9 Å². The standard InChI is InChI=1S/C15H30N2O4/c1-11(2)10-17(8-9-21-7)13(20)16-15(5,6)14(3,4)12(18)19/h11H,8-10H2,1-7H3,(H,16,20)(H,18,19). The van der Waals surface area contributed by atoms with Crippen LogP contribution in [0.4, 0.5) is 4.79 Å². The summed E-state index contributed by atoms with van der Waals surface area (Å²) in [6.45, 7) is 12.2. The van der Waals surface area contributed by atoms with Gasteiger partial charge in [0.2, 0.25) is 0 Å². The number of rotatable bonds is 8. The van der Waals surface area contributed by atoms with Crippen LogP contribution in [-0.4, -0.2) is 54.4 Å². The number of carboxylic acid groups (broad SMARTS) is 1. The summed E-state index contributed by atoms with van der Waals surface area (Å²) in [5.41, 5.74) is -1.95. The van der Waals surface area contributed by atoms with E-state index >= 15 is 0 Å². The van der Waals surface area contributed by atoms with Crippen molar-refractivity contribution in [1.82, 2.24) is 10.2 Å². The lowest BCUT2D eigenvalue weighted by atomic mass is 9.74. The van der Waals surface area contributed by atoms with Crippen LogP contribution >= 0.6 is 0 Å². The minimum Gasteiger partial charge on any atom is -0.481 e. The fraction of sp³-hybridized carbons (Fsp3) is 0.867. The number of methoxy groups -OCH3 is 1. The Bertz CT molecular complexity index is 365. The Balaban J connectivity index is 4.99.